The molecule has 1 N–H and O–H groups in total. The van der Waals surface area contributed by atoms with Gasteiger partial charge >= 0.3 is 12.9 Å². The standard InChI is InChI=1S/C21H29ClNO5P/c1-4-5-8-14-27-23(19-13-9-11-17-10-6-7-12-18(17)19)20(15-16(2)3)21(24)28-29(22,25)26/h6-7,9-13,16,20H,4-5,8,14-15H2,1-3H3,(H,25,26)/t20-/m0/s1. The number of halogens is 1. The Hall–Kier alpha value is -1.59. The van der Waals surface area contributed by atoms with Crippen molar-refractivity contribution in [3.8, 4) is 0 Å². The lowest BCUT2D eigenvalue weighted by molar-refractivity contribution is -0.138. The summed E-state index contributed by atoms with van der Waals surface area (Å²) in [5.74, 6) is -0.777. The molecule has 2 atom stereocenters. The summed E-state index contributed by atoms with van der Waals surface area (Å²) in [7, 11) is 0. The fraction of sp³-hybridized carbons (Fsp3) is 0.476. The molecule has 29 heavy (non-hydrogen) atoms. The lowest BCUT2D eigenvalue weighted by Crippen LogP contribution is -2.43. The van der Waals surface area contributed by atoms with Crippen molar-refractivity contribution in [1.29, 1.82) is 0 Å². The van der Waals surface area contributed by atoms with E-state index in [9.17, 15) is 14.3 Å². The van der Waals surface area contributed by atoms with Crippen LogP contribution >= 0.6 is 18.2 Å². The van der Waals surface area contributed by atoms with Gasteiger partial charge in [-0.1, -0.05) is 70.0 Å². The van der Waals surface area contributed by atoms with Gasteiger partial charge in [-0.2, -0.15) is 0 Å². The van der Waals surface area contributed by atoms with Gasteiger partial charge < -0.3 is 9.42 Å². The zero-order valence-electron chi connectivity index (χ0n) is 17.1. The van der Waals surface area contributed by atoms with E-state index in [0.717, 1.165) is 30.0 Å². The number of hydrogen-bond donors (Lipinski definition) is 1. The van der Waals surface area contributed by atoms with Crippen molar-refractivity contribution in [2.24, 2.45) is 5.92 Å². The zero-order chi connectivity index (χ0) is 21.4. The van der Waals surface area contributed by atoms with Gasteiger partial charge in [0.25, 0.3) is 0 Å². The van der Waals surface area contributed by atoms with Crippen LogP contribution in [0.15, 0.2) is 42.5 Å². The topological polar surface area (TPSA) is 76.1 Å². The molecule has 1 unspecified atom stereocenters. The highest BCUT2D eigenvalue weighted by atomic mass is 35.7. The molecule has 0 amide bonds. The molecule has 0 heterocycles. The van der Waals surface area contributed by atoms with E-state index in [0.29, 0.717) is 18.7 Å². The van der Waals surface area contributed by atoms with E-state index in [1.807, 2.05) is 56.3 Å². The first kappa shape index (κ1) is 23.7. The second-order valence-electron chi connectivity index (χ2n) is 7.37. The smallest absolute Gasteiger partial charge is 0.379 e. The fourth-order valence-corrected chi connectivity index (χ4v) is 3.70. The molecule has 0 aliphatic heterocycles. The molecular formula is C21H29ClNO5P. The second kappa shape index (κ2) is 11.0. The van der Waals surface area contributed by atoms with Gasteiger partial charge in [0.15, 0.2) is 6.04 Å². The number of rotatable bonds is 11. The van der Waals surface area contributed by atoms with E-state index in [-0.39, 0.29) is 5.92 Å². The van der Waals surface area contributed by atoms with Crippen molar-refractivity contribution >= 4 is 40.6 Å². The van der Waals surface area contributed by atoms with Crippen LogP contribution in [0.5, 0.6) is 0 Å². The molecule has 2 rings (SSSR count). The van der Waals surface area contributed by atoms with Crippen molar-refractivity contribution < 1.29 is 23.6 Å². The Morgan fingerprint density at radius 3 is 2.52 bits per heavy atom. The lowest BCUT2D eigenvalue weighted by Gasteiger charge is -2.32. The first-order valence-corrected chi connectivity index (χ1v) is 12.4. The zero-order valence-corrected chi connectivity index (χ0v) is 18.7. The molecule has 8 heteroatoms. The number of fused-ring (bicyclic) bond motifs is 1. The van der Waals surface area contributed by atoms with Crippen LogP contribution in [-0.2, 0) is 18.7 Å². The van der Waals surface area contributed by atoms with Gasteiger partial charge in [-0.05, 0) is 30.2 Å². The Bertz CT molecular complexity index is 849. The van der Waals surface area contributed by atoms with Gasteiger partial charge in [-0.3, -0.25) is 4.84 Å². The number of carbonyl (C=O) groups is 1. The number of carbonyl (C=O) groups excluding carboxylic acids is 1. The molecule has 0 aliphatic carbocycles. The summed E-state index contributed by atoms with van der Waals surface area (Å²) in [6, 6.07) is 12.6. The van der Waals surface area contributed by atoms with Crippen LogP contribution in [0.25, 0.3) is 10.8 Å². The van der Waals surface area contributed by atoms with E-state index < -0.39 is 19.0 Å². The van der Waals surface area contributed by atoms with E-state index >= 15 is 0 Å². The maximum atomic E-state index is 12.8. The fourth-order valence-electron chi connectivity index (χ4n) is 3.15. The maximum Gasteiger partial charge on any atom is 0.476 e. The normalized spacial score (nSPS) is 14.6. The quantitative estimate of drug-likeness (QED) is 0.259. The molecule has 6 nitrogen and oxygen atoms in total. The Labute approximate surface area is 177 Å². The SMILES string of the molecule is CCCCCON(c1cccc2ccccc12)[C@@H](CC(C)C)C(=O)OP(=O)(O)Cl. The van der Waals surface area contributed by atoms with Crippen LogP contribution in [0.3, 0.4) is 0 Å². The summed E-state index contributed by atoms with van der Waals surface area (Å²) in [5.41, 5.74) is 0.699. The van der Waals surface area contributed by atoms with Gasteiger partial charge in [0.1, 0.15) is 0 Å². The first-order chi connectivity index (χ1) is 13.7. The van der Waals surface area contributed by atoms with Crippen molar-refractivity contribution in [3.05, 3.63) is 42.5 Å². The van der Waals surface area contributed by atoms with Crippen LogP contribution in [0.4, 0.5) is 5.69 Å². The Kier molecular flexibility index (Phi) is 8.97. The monoisotopic (exact) mass is 441 g/mol. The third-order valence-corrected chi connectivity index (χ3v) is 5.05. The van der Waals surface area contributed by atoms with Gasteiger partial charge in [0, 0.05) is 16.6 Å². The van der Waals surface area contributed by atoms with Crippen LogP contribution < -0.4 is 5.06 Å². The summed E-state index contributed by atoms with van der Waals surface area (Å²) >= 11 is 5.31. The Morgan fingerprint density at radius 2 is 1.86 bits per heavy atom. The Balaban J connectivity index is 2.46. The third kappa shape index (κ3) is 7.31. The molecule has 0 bridgehead atoms. The molecule has 0 fully saturated rings. The van der Waals surface area contributed by atoms with Crippen molar-refractivity contribution in [1.82, 2.24) is 0 Å². The number of unbranched alkanes of at least 4 members (excludes halogenated alkanes) is 2. The van der Waals surface area contributed by atoms with Gasteiger partial charge in [0.05, 0.1) is 12.3 Å². The summed E-state index contributed by atoms with van der Waals surface area (Å²) in [5, 5.41) is 3.42. The predicted molar refractivity (Wildman–Crippen MR) is 117 cm³/mol. The summed E-state index contributed by atoms with van der Waals surface area (Å²) in [6.45, 7) is 1.93. The van der Waals surface area contributed by atoms with Crippen molar-refractivity contribution in [2.75, 3.05) is 11.7 Å². The minimum absolute atomic E-state index is 0.109. The van der Waals surface area contributed by atoms with Crippen molar-refractivity contribution in [3.63, 3.8) is 0 Å². The first-order valence-electron chi connectivity index (χ1n) is 9.88. The van der Waals surface area contributed by atoms with Gasteiger partial charge in [-0.25, -0.2) is 14.4 Å². The Morgan fingerprint density at radius 1 is 1.17 bits per heavy atom. The highest BCUT2D eigenvalue weighted by molar-refractivity contribution is 7.80. The van der Waals surface area contributed by atoms with Crippen LogP contribution in [-0.4, -0.2) is 23.5 Å². The van der Waals surface area contributed by atoms with E-state index in [2.05, 4.69) is 11.4 Å². The van der Waals surface area contributed by atoms with Crippen LogP contribution in [0.1, 0.15) is 46.5 Å². The highest BCUT2D eigenvalue weighted by Crippen LogP contribution is 2.48. The molecule has 0 saturated heterocycles. The minimum atomic E-state index is -4.49. The number of anilines is 1. The summed E-state index contributed by atoms with van der Waals surface area (Å²) in [6.07, 6.45) is 3.23. The molecule has 2 aromatic rings. The molecule has 0 aliphatic rings. The van der Waals surface area contributed by atoms with E-state index in [4.69, 9.17) is 16.1 Å². The summed E-state index contributed by atoms with van der Waals surface area (Å²) < 4.78 is 16.2. The van der Waals surface area contributed by atoms with Crippen molar-refractivity contribution in [2.45, 2.75) is 52.5 Å². The highest BCUT2D eigenvalue weighted by Gasteiger charge is 2.34. The average molecular weight is 442 g/mol. The van der Waals surface area contributed by atoms with Gasteiger partial charge in [-0.15, -0.1) is 0 Å². The number of hydrogen-bond acceptors (Lipinski definition) is 5. The van der Waals surface area contributed by atoms with Crippen LogP contribution in [0.2, 0.25) is 0 Å². The second-order valence-corrected chi connectivity index (χ2v) is 9.74. The van der Waals surface area contributed by atoms with Gasteiger partial charge in [0.2, 0.25) is 0 Å². The molecule has 0 saturated carbocycles. The molecule has 160 valence electrons. The molecule has 2 aromatic carbocycles. The number of hydroxylamine groups is 1. The average Bonchev–Trinajstić information content (AvgIpc) is 2.65. The van der Waals surface area contributed by atoms with Crippen LogP contribution in [0, 0.1) is 5.92 Å². The lowest BCUT2D eigenvalue weighted by atomic mass is 10.0. The maximum absolute atomic E-state index is 12.8. The molecular weight excluding hydrogens is 413 g/mol. The van der Waals surface area contributed by atoms with E-state index in [1.165, 1.54) is 5.06 Å². The third-order valence-electron chi connectivity index (χ3n) is 4.43. The number of benzene rings is 2. The predicted octanol–water partition coefficient (Wildman–Crippen LogP) is 6.07. The molecule has 0 aromatic heterocycles. The summed E-state index contributed by atoms with van der Waals surface area (Å²) in [4.78, 5) is 28.2. The molecule has 0 spiro atoms. The number of nitrogens with zero attached hydrogens (tertiary/aromatic N) is 1. The minimum Gasteiger partial charge on any atom is -0.379 e. The van der Waals surface area contributed by atoms with E-state index in [1.54, 1.807) is 0 Å². The largest absolute Gasteiger partial charge is 0.476 e. The molecule has 0 radical (unpaired) electrons.